The van der Waals surface area contributed by atoms with E-state index >= 15 is 0 Å². The van der Waals surface area contributed by atoms with E-state index in [9.17, 15) is 9.59 Å². The van der Waals surface area contributed by atoms with E-state index in [1.165, 1.54) is 11.1 Å². The Morgan fingerprint density at radius 2 is 1.78 bits per heavy atom. The molecule has 1 aliphatic heterocycles. The molecule has 1 fully saturated rings. The van der Waals surface area contributed by atoms with Gasteiger partial charge in [0.1, 0.15) is 0 Å². The Bertz CT molecular complexity index is 576. The largest absolute Gasteiger partial charge is 0.481 e. The van der Waals surface area contributed by atoms with Crippen molar-refractivity contribution in [2.75, 3.05) is 13.1 Å². The number of hydrogen-bond donors (Lipinski definition) is 1. The number of nitrogens with zero attached hydrogens (tertiary/aromatic N) is 1. The average molecular weight is 315 g/mol. The first-order chi connectivity index (χ1) is 11.1. The van der Waals surface area contributed by atoms with Gasteiger partial charge in [-0.05, 0) is 55.6 Å². The van der Waals surface area contributed by atoms with Crippen LogP contribution in [0.1, 0.15) is 43.2 Å². The van der Waals surface area contributed by atoms with Crippen LogP contribution in [0.15, 0.2) is 24.3 Å². The number of hydrogen-bond acceptors (Lipinski definition) is 2. The predicted octanol–water partition coefficient (Wildman–Crippen LogP) is 2.89. The van der Waals surface area contributed by atoms with Gasteiger partial charge in [-0.25, -0.2) is 0 Å². The first-order valence-electron chi connectivity index (χ1n) is 8.71. The predicted molar refractivity (Wildman–Crippen MR) is 88.1 cm³/mol. The molecule has 1 aromatic rings. The highest BCUT2D eigenvalue weighted by Gasteiger charge is 2.30. The SMILES string of the molecule is O=C(O)CCC1CCN(C(=O)C2CCc3ccccc3C2)CC1. The summed E-state index contributed by atoms with van der Waals surface area (Å²) in [6.45, 7) is 1.59. The second kappa shape index (κ2) is 7.16. The van der Waals surface area contributed by atoms with E-state index in [4.69, 9.17) is 5.11 Å². The van der Waals surface area contributed by atoms with Gasteiger partial charge in [0, 0.05) is 25.4 Å². The number of amides is 1. The molecule has 23 heavy (non-hydrogen) atoms. The van der Waals surface area contributed by atoms with Crippen LogP contribution in [0.4, 0.5) is 0 Å². The molecule has 1 aliphatic carbocycles. The van der Waals surface area contributed by atoms with Crippen LogP contribution in [0, 0.1) is 11.8 Å². The van der Waals surface area contributed by atoms with Gasteiger partial charge in [-0.15, -0.1) is 0 Å². The zero-order valence-electron chi connectivity index (χ0n) is 13.5. The van der Waals surface area contributed by atoms with Crippen molar-refractivity contribution in [3.8, 4) is 0 Å². The number of aliphatic carboxylic acids is 1. The molecule has 2 aliphatic rings. The van der Waals surface area contributed by atoms with Crippen molar-refractivity contribution in [3.63, 3.8) is 0 Å². The van der Waals surface area contributed by atoms with Crippen LogP contribution in [0.3, 0.4) is 0 Å². The van der Waals surface area contributed by atoms with Crippen LogP contribution in [0.5, 0.6) is 0 Å². The van der Waals surface area contributed by atoms with Crippen molar-refractivity contribution in [1.29, 1.82) is 0 Å². The van der Waals surface area contributed by atoms with Gasteiger partial charge in [0.05, 0.1) is 0 Å². The zero-order chi connectivity index (χ0) is 16.2. The maximum Gasteiger partial charge on any atom is 0.303 e. The van der Waals surface area contributed by atoms with Gasteiger partial charge < -0.3 is 10.0 Å². The number of rotatable bonds is 4. The number of fused-ring (bicyclic) bond motifs is 1. The molecule has 0 saturated carbocycles. The van der Waals surface area contributed by atoms with Crippen LogP contribution in [0.2, 0.25) is 0 Å². The Balaban J connectivity index is 1.51. The highest BCUT2D eigenvalue weighted by molar-refractivity contribution is 5.79. The third-order valence-corrected chi connectivity index (χ3v) is 5.39. The molecule has 3 rings (SSSR count). The highest BCUT2D eigenvalue weighted by Crippen LogP contribution is 2.29. The van der Waals surface area contributed by atoms with Gasteiger partial charge in [0.25, 0.3) is 0 Å². The van der Waals surface area contributed by atoms with Gasteiger partial charge >= 0.3 is 5.97 Å². The van der Waals surface area contributed by atoms with Crippen LogP contribution in [0.25, 0.3) is 0 Å². The quantitative estimate of drug-likeness (QED) is 0.929. The Kier molecular flexibility index (Phi) is 4.99. The minimum Gasteiger partial charge on any atom is -0.481 e. The number of carboxylic acid groups (broad SMARTS) is 1. The molecule has 0 radical (unpaired) electrons. The fraction of sp³-hybridized carbons (Fsp3) is 0.579. The Morgan fingerprint density at radius 3 is 2.48 bits per heavy atom. The smallest absolute Gasteiger partial charge is 0.303 e. The maximum absolute atomic E-state index is 12.8. The lowest BCUT2D eigenvalue weighted by molar-refractivity contribution is -0.139. The van der Waals surface area contributed by atoms with Gasteiger partial charge in [-0.1, -0.05) is 24.3 Å². The summed E-state index contributed by atoms with van der Waals surface area (Å²) >= 11 is 0. The highest BCUT2D eigenvalue weighted by atomic mass is 16.4. The van der Waals surface area contributed by atoms with Gasteiger partial charge in [0.2, 0.25) is 5.91 Å². The average Bonchev–Trinajstić information content (AvgIpc) is 2.59. The van der Waals surface area contributed by atoms with Crippen LogP contribution in [-0.2, 0) is 22.4 Å². The lowest BCUT2D eigenvalue weighted by Gasteiger charge is -2.35. The molecule has 1 amide bonds. The topological polar surface area (TPSA) is 57.6 Å². The van der Waals surface area contributed by atoms with Crippen molar-refractivity contribution in [1.82, 2.24) is 4.90 Å². The first-order valence-corrected chi connectivity index (χ1v) is 8.71. The molecule has 0 aromatic heterocycles. The van der Waals surface area contributed by atoms with Crippen molar-refractivity contribution in [3.05, 3.63) is 35.4 Å². The Labute approximate surface area is 137 Å². The van der Waals surface area contributed by atoms with Crippen LogP contribution >= 0.6 is 0 Å². The van der Waals surface area contributed by atoms with E-state index in [0.717, 1.165) is 51.6 Å². The standard InChI is InChI=1S/C19H25NO3/c21-18(22)8-5-14-9-11-20(12-10-14)19(23)17-7-6-15-3-1-2-4-16(15)13-17/h1-4,14,17H,5-13H2,(H,21,22). The summed E-state index contributed by atoms with van der Waals surface area (Å²) < 4.78 is 0. The molecule has 1 saturated heterocycles. The van der Waals surface area contributed by atoms with Crippen molar-refractivity contribution in [2.45, 2.75) is 44.9 Å². The molecule has 4 nitrogen and oxygen atoms in total. The van der Waals surface area contributed by atoms with Crippen LogP contribution < -0.4 is 0 Å². The molecule has 124 valence electrons. The molecular formula is C19H25NO3. The van der Waals surface area contributed by atoms with Crippen molar-refractivity contribution in [2.24, 2.45) is 11.8 Å². The fourth-order valence-electron chi connectivity index (χ4n) is 3.94. The van der Waals surface area contributed by atoms with Gasteiger partial charge in [-0.2, -0.15) is 0 Å². The van der Waals surface area contributed by atoms with Gasteiger partial charge in [-0.3, -0.25) is 9.59 Å². The lowest BCUT2D eigenvalue weighted by Crippen LogP contribution is -2.43. The van der Waals surface area contributed by atoms with Crippen LogP contribution in [-0.4, -0.2) is 35.0 Å². The van der Waals surface area contributed by atoms with E-state index in [-0.39, 0.29) is 12.3 Å². The summed E-state index contributed by atoms with van der Waals surface area (Å²) in [6, 6.07) is 8.44. The summed E-state index contributed by atoms with van der Waals surface area (Å²) in [6.07, 6.45) is 5.71. The molecule has 4 heteroatoms. The molecule has 1 aromatic carbocycles. The second-order valence-electron chi connectivity index (χ2n) is 6.91. The summed E-state index contributed by atoms with van der Waals surface area (Å²) in [5.74, 6) is 0.170. The molecule has 1 heterocycles. The van der Waals surface area contributed by atoms with E-state index in [2.05, 4.69) is 24.3 Å². The number of carbonyl (C=O) groups excluding carboxylic acids is 1. The first kappa shape index (κ1) is 16.0. The second-order valence-corrected chi connectivity index (χ2v) is 6.91. The number of benzene rings is 1. The summed E-state index contributed by atoms with van der Waals surface area (Å²) in [4.78, 5) is 25.4. The summed E-state index contributed by atoms with van der Waals surface area (Å²) in [7, 11) is 0. The minimum absolute atomic E-state index is 0.125. The number of likely N-dealkylation sites (tertiary alicyclic amines) is 1. The third kappa shape index (κ3) is 3.92. The summed E-state index contributed by atoms with van der Waals surface area (Å²) in [5.41, 5.74) is 2.72. The van der Waals surface area contributed by atoms with E-state index in [1.807, 2.05) is 4.90 Å². The Morgan fingerprint density at radius 1 is 1.09 bits per heavy atom. The van der Waals surface area contributed by atoms with E-state index < -0.39 is 5.97 Å². The maximum atomic E-state index is 12.8. The monoisotopic (exact) mass is 315 g/mol. The molecule has 0 bridgehead atoms. The zero-order valence-corrected chi connectivity index (χ0v) is 13.5. The fourth-order valence-corrected chi connectivity index (χ4v) is 3.94. The number of aryl methyl sites for hydroxylation is 1. The summed E-state index contributed by atoms with van der Waals surface area (Å²) in [5, 5.41) is 8.77. The number of carboxylic acids is 1. The number of piperidine rings is 1. The molecule has 1 N–H and O–H groups in total. The molecule has 1 unspecified atom stereocenters. The van der Waals surface area contributed by atoms with E-state index in [1.54, 1.807) is 0 Å². The van der Waals surface area contributed by atoms with Gasteiger partial charge in [0.15, 0.2) is 0 Å². The lowest BCUT2D eigenvalue weighted by atomic mass is 9.82. The molecule has 0 spiro atoms. The third-order valence-electron chi connectivity index (χ3n) is 5.39. The minimum atomic E-state index is -0.718. The normalized spacial score (nSPS) is 21.7. The van der Waals surface area contributed by atoms with Crippen molar-refractivity contribution < 1.29 is 14.7 Å². The Hall–Kier alpha value is -1.84. The number of carbonyl (C=O) groups is 2. The molecule has 1 atom stereocenters. The van der Waals surface area contributed by atoms with Crippen molar-refractivity contribution >= 4 is 11.9 Å². The van der Waals surface area contributed by atoms with E-state index in [0.29, 0.717) is 11.8 Å². The molecular weight excluding hydrogens is 290 g/mol.